The van der Waals surface area contributed by atoms with Crippen molar-refractivity contribution in [2.24, 2.45) is 0 Å². The van der Waals surface area contributed by atoms with Crippen LogP contribution >= 0.6 is 0 Å². The van der Waals surface area contributed by atoms with Crippen molar-refractivity contribution in [3.63, 3.8) is 0 Å². The van der Waals surface area contributed by atoms with Crippen LogP contribution in [-0.4, -0.2) is 38.7 Å². The fraction of sp³-hybridized carbons (Fsp3) is 0.316. The summed E-state index contributed by atoms with van der Waals surface area (Å²) in [5, 5.41) is 9.14. The summed E-state index contributed by atoms with van der Waals surface area (Å²) >= 11 is 0. The van der Waals surface area contributed by atoms with E-state index in [0.717, 1.165) is 24.3 Å². The van der Waals surface area contributed by atoms with Crippen molar-refractivity contribution in [2.75, 3.05) is 13.2 Å². The number of rotatable bonds is 5. The lowest BCUT2D eigenvalue weighted by Gasteiger charge is -2.27. The fourth-order valence-electron chi connectivity index (χ4n) is 3.52. The SMILES string of the molecule is O=C(O)C1Cc2c(F)cc3c(c2O1)OCCC3CNS(=O)(=O)c1ccc(F)cc1. The summed E-state index contributed by atoms with van der Waals surface area (Å²) < 4.78 is 65.9. The second-order valence-corrected chi connectivity index (χ2v) is 8.64. The van der Waals surface area contributed by atoms with Crippen LogP contribution in [0.5, 0.6) is 11.5 Å². The first-order valence-corrected chi connectivity index (χ1v) is 10.4. The van der Waals surface area contributed by atoms with Crippen LogP contribution in [0.15, 0.2) is 35.2 Å². The van der Waals surface area contributed by atoms with E-state index < -0.39 is 39.6 Å². The largest absolute Gasteiger partial charge is 0.489 e. The lowest BCUT2D eigenvalue weighted by atomic mass is 9.91. The van der Waals surface area contributed by atoms with Gasteiger partial charge >= 0.3 is 5.97 Å². The van der Waals surface area contributed by atoms with Crippen molar-refractivity contribution in [1.82, 2.24) is 4.72 Å². The molecule has 2 heterocycles. The smallest absolute Gasteiger partial charge is 0.345 e. The Morgan fingerprint density at radius 1 is 1.21 bits per heavy atom. The molecule has 0 fully saturated rings. The van der Waals surface area contributed by atoms with Gasteiger partial charge in [0.1, 0.15) is 11.6 Å². The molecule has 10 heteroatoms. The minimum Gasteiger partial charge on any atom is -0.489 e. The van der Waals surface area contributed by atoms with Gasteiger partial charge in [0.15, 0.2) is 17.6 Å². The Balaban J connectivity index is 1.58. The van der Waals surface area contributed by atoms with Crippen LogP contribution in [0.1, 0.15) is 23.5 Å². The number of carboxylic acids is 1. The third-order valence-electron chi connectivity index (χ3n) is 5.03. The lowest BCUT2D eigenvalue weighted by Crippen LogP contribution is -2.31. The van der Waals surface area contributed by atoms with Gasteiger partial charge in [0.2, 0.25) is 10.0 Å². The summed E-state index contributed by atoms with van der Waals surface area (Å²) in [6.45, 7) is 0.214. The topological polar surface area (TPSA) is 102 Å². The zero-order valence-corrected chi connectivity index (χ0v) is 15.8. The van der Waals surface area contributed by atoms with E-state index in [1.165, 1.54) is 6.07 Å². The number of ether oxygens (including phenoxy) is 2. The molecular formula is C19H17F2NO6S. The molecule has 2 aromatic carbocycles. The third-order valence-corrected chi connectivity index (χ3v) is 6.47. The summed E-state index contributed by atoms with van der Waals surface area (Å²) in [5.74, 6) is -2.44. The van der Waals surface area contributed by atoms with E-state index >= 15 is 0 Å². The van der Waals surface area contributed by atoms with E-state index in [2.05, 4.69) is 4.72 Å². The summed E-state index contributed by atoms with van der Waals surface area (Å²) in [4.78, 5) is 11.1. The van der Waals surface area contributed by atoms with Crippen molar-refractivity contribution in [2.45, 2.75) is 29.8 Å². The number of sulfonamides is 1. The molecule has 2 atom stereocenters. The Morgan fingerprint density at radius 3 is 2.62 bits per heavy atom. The van der Waals surface area contributed by atoms with Crippen LogP contribution in [0.4, 0.5) is 8.78 Å². The van der Waals surface area contributed by atoms with E-state index in [9.17, 15) is 22.0 Å². The molecule has 154 valence electrons. The second-order valence-electron chi connectivity index (χ2n) is 6.87. The monoisotopic (exact) mass is 425 g/mol. The van der Waals surface area contributed by atoms with E-state index in [-0.39, 0.29) is 41.5 Å². The van der Waals surface area contributed by atoms with Gasteiger partial charge in [-0.05, 0) is 36.8 Å². The highest BCUT2D eigenvalue weighted by Gasteiger charge is 2.37. The van der Waals surface area contributed by atoms with Gasteiger partial charge < -0.3 is 14.6 Å². The lowest BCUT2D eigenvalue weighted by molar-refractivity contribution is -0.144. The highest BCUT2D eigenvalue weighted by Crippen LogP contribution is 2.47. The Labute approximate surface area is 165 Å². The first-order valence-electron chi connectivity index (χ1n) is 8.89. The quantitative estimate of drug-likeness (QED) is 0.762. The molecule has 2 N–H and O–H groups in total. The highest BCUT2D eigenvalue weighted by atomic mass is 32.2. The molecule has 0 amide bonds. The molecular weight excluding hydrogens is 408 g/mol. The number of halogens is 2. The Morgan fingerprint density at radius 2 is 1.93 bits per heavy atom. The van der Waals surface area contributed by atoms with E-state index in [1.54, 1.807) is 0 Å². The van der Waals surface area contributed by atoms with Gasteiger partial charge in [-0.25, -0.2) is 26.7 Å². The van der Waals surface area contributed by atoms with Gasteiger partial charge in [0.05, 0.1) is 11.5 Å². The number of fused-ring (bicyclic) bond motifs is 3. The van der Waals surface area contributed by atoms with Crippen LogP contribution in [0.2, 0.25) is 0 Å². The molecule has 2 aliphatic heterocycles. The Hall–Kier alpha value is -2.72. The van der Waals surface area contributed by atoms with Crippen LogP contribution in [-0.2, 0) is 21.2 Å². The minimum atomic E-state index is -3.88. The van der Waals surface area contributed by atoms with Gasteiger partial charge in [-0.15, -0.1) is 0 Å². The van der Waals surface area contributed by atoms with Gasteiger partial charge in [-0.3, -0.25) is 0 Å². The molecule has 0 aromatic heterocycles. The molecule has 2 aromatic rings. The predicted octanol–water partition coefficient (Wildman–Crippen LogP) is 2.20. The van der Waals surface area contributed by atoms with E-state index in [1.807, 2.05) is 0 Å². The molecule has 4 rings (SSSR count). The molecule has 7 nitrogen and oxygen atoms in total. The molecule has 0 aliphatic carbocycles. The average Bonchev–Trinajstić information content (AvgIpc) is 3.14. The third kappa shape index (κ3) is 3.65. The molecule has 0 saturated heterocycles. The molecule has 0 spiro atoms. The van der Waals surface area contributed by atoms with Gasteiger partial charge in [-0.1, -0.05) is 0 Å². The number of carbonyl (C=O) groups is 1. The van der Waals surface area contributed by atoms with Crippen LogP contribution in [0.3, 0.4) is 0 Å². The van der Waals surface area contributed by atoms with E-state index in [4.69, 9.17) is 14.6 Å². The van der Waals surface area contributed by atoms with Crippen LogP contribution < -0.4 is 14.2 Å². The second kappa shape index (κ2) is 7.27. The van der Waals surface area contributed by atoms with Crippen molar-refractivity contribution in [3.8, 4) is 11.5 Å². The number of nitrogens with one attached hydrogen (secondary N) is 1. The number of benzene rings is 2. The maximum atomic E-state index is 14.6. The minimum absolute atomic E-state index is 0.0311. The summed E-state index contributed by atoms with van der Waals surface area (Å²) in [5.41, 5.74) is 0.559. The first kappa shape index (κ1) is 19.6. The number of carboxylic acid groups (broad SMARTS) is 1. The number of hydrogen-bond acceptors (Lipinski definition) is 5. The molecule has 29 heavy (non-hydrogen) atoms. The van der Waals surface area contributed by atoms with Crippen molar-refractivity contribution in [3.05, 3.63) is 53.1 Å². The van der Waals surface area contributed by atoms with Crippen LogP contribution in [0.25, 0.3) is 0 Å². The van der Waals surface area contributed by atoms with Crippen molar-refractivity contribution < 1.29 is 36.6 Å². The molecule has 2 unspecified atom stereocenters. The zero-order valence-electron chi connectivity index (χ0n) is 15.0. The van der Waals surface area contributed by atoms with Crippen molar-refractivity contribution in [1.29, 1.82) is 0 Å². The zero-order chi connectivity index (χ0) is 20.8. The molecule has 0 saturated carbocycles. The Bertz CT molecular complexity index is 1070. The molecule has 2 aliphatic rings. The summed E-state index contributed by atoms with van der Waals surface area (Å²) in [6, 6.07) is 5.65. The maximum absolute atomic E-state index is 14.6. The van der Waals surface area contributed by atoms with Crippen molar-refractivity contribution >= 4 is 16.0 Å². The Kier molecular flexibility index (Phi) is 4.91. The summed E-state index contributed by atoms with van der Waals surface area (Å²) in [7, 11) is -3.88. The standard InChI is InChI=1S/C19H17F2NO6S/c20-11-1-3-12(4-2-11)29(25,26)22-9-10-5-6-27-17-13(10)7-15(21)14-8-16(19(23)24)28-18(14)17/h1-4,7,10,16,22H,5-6,8-9H2,(H,23,24). The maximum Gasteiger partial charge on any atom is 0.345 e. The molecule has 0 radical (unpaired) electrons. The average molecular weight is 425 g/mol. The van der Waals surface area contributed by atoms with E-state index in [0.29, 0.717) is 12.0 Å². The van der Waals surface area contributed by atoms with Gasteiger partial charge in [0, 0.05) is 30.0 Å². The van der Waals surface area contributed by atoms with Crippen LogP contribution in [0, 0.1) is 11.6 Å². The molecule has 0 bridgehead atoms. The first-order chi connectivity index (χ1) is 13.8. The number of hydrogen-bond donors (Lipinski definition) is 2. The highest BCUT2D eigenvalue weighted by molar-refractivity contribution is 7.89. The predicted molar refractivity (Wildman–Crippen MR) is 96.6 cm³/mol. The fourth-order valence-corrected chi connectivity index (χ4v) is 4.60. The normalized spacial score (nSPS) is 20.3. The van der Waals surface area contributed by atoms with Gasteiger partial charge in [0.25, 0.3) is 0 Å². The number of aliphatic carboxylic acids is 1. The summed E-state index contributed by atoms with van der Waals surface area (Å²) in [6.07, 6.45) is -0.860. The van der Waals surface area contributed by atoms with Gasteiger partial charge in [-0.2, -0.15) is 0 Å².